The van der Waals surface area contributed by atoms with Crippen LogP contribution in [0.3, 0.4) is 0 Å². The minimum atomic E-state index is -0.518. The highest BCUT2D eigenvalue weighted by Gasteiger charge is 2.28. The fourth-order valence-electron chi connectivity index (χ4n) is 1.54. The highest BCUT2D eigenvalue weighted by molar-refractivity contribution is 5.82. The maximum atomic E-state index is 11.9. The van der Waals surface area contributed by atoms with E-state index in [1.165, 1.54) is 0 Å². The van der Waals surface area contributed by atoms with Crippen LogP contribution in [-0.4, -0.2) is 11.9 Å². The van der Waals surface area contributed by atoms with Gasteiger partial charge >= 0.3 is 11.9 Å². The molecule has 0 N–H and O–H groups in total. The van der Waals surface area contributed by atoms with Crippen molar-refractivity contribution in [2.45, 2.75) is 33.6 Å². The summed E-state index contributed by atoms with van der Waals surface area (Å²) in [6, 6.07) is 5.02. The van der Waals surface area contributed by atoms with Crippen molar-refractivity contribution in [2.24, 2.45) is 5.41 Å². The molecule has 0 bridgehead atoms. The van der Waals surface area contributed by atoms with Gasteiger partial charge in [-0.05, 0) is 26.3 Å². The molecule has 1 aromatic carbocycles. The summed E-state index contributed by atoms with van der Waals surface area (Å²) in [6.45, 7) is 5.61. The Balaban J connectivity index is 2.15. The lowest BCUT2D eigenvalue weighted by atomic mass is 9.91. The first-order valence-electron chi connectivity index (χ1n) is 5.98. The van der Waals surface area contributed by atoms with Crippen molar-refractivity contribution in [3.63, 3.8) is 0 Å². The van der Waals surface area contributed by atoms with Crippen LogP contribution in [0.5, 0.6) is 11.5 Å². The number of carbonyl (C=O) groups excluding carboxylic acids is 2. The van der Waals surface area contributed by atoms with Crippen LogP contribution < -0.4 is 9.47 Å². The van der Waals surface area contributed by atoms with E-state index in [1.807, 2.05) is 20.8 Å². The van der Waals surface area contributed by atoms with Gasteiger partial charge in [0.25, 0.3) is 0 Å². The molecule has 0 saturated carbocycles. The third kappa shape index (κ3) is 2.37. The molecule has 0 fully saturated rings. The lowest BCUT2D eigenvalue weighted by Gasteiger charge is -2.20. The van der Waals surface area contributed by atoms with Gasteiger partial charge in [-0.3, -0.25) is 9.59 Å². The Morgan fingerprint density at radius 3 is 2.83 bits per heavy atom. The van der Waals surface area contributed by atoms with Gasteiger partial charge in [0, 0.05) is 11.6 Å². The summed E-state index contributed by atoms with van der Waals surface area (Å²) in [7, 11) is 0. The Labute approximate surface area is 106 Å². The van der Waals surface area contributed by atoms with Crippen molar-refractivity contribution in [1.29, 1.82) is 0 Å². The van der Waals surface area contributed by atoms with Gasteiger partial charge in [-0.15, -0.1) is 0 Å². The van der Waals surface area contributed by atoms with E-state index in [1.54, 1.807) is 18.2 Å². The van der Waals surface area contributed by atoms with E-state index < -0.39 is 5.41 Å². The molecule has 0 aromatic heterocycles. The van der Waals surface area contributed by atoms with Gasteiger partial charge in [-0.25, -0.2) is 0 Å². The molecule has 0 unspecified atom stereocenters. The molecule has 0 aliphatic carbocycles. The molecule has 96 valence electrons. The van der Waals surface area contributed by atoms with Crippen molar-refractivity contribution in [2.75, 3.05) is 0 Å². The van der Waals surface area contributed by atoms with E-state index in [4.69, 9.17) is 9.47 Å². The van der Waals surface area contributed by atoms with Gasteiger partial charge in [0.2, 0.25) is 0 Å². The molecule has 0 amide bonds. The second-order valence-corrected chi connectivity index (χ2v) is 5.05. The van der Waals surface area contributed by atoms with Crippen LogP contribution in [0, 0.1) is 5.41 Å². The van der Waals surface area contributed by atoms with Crippen molar-refractivity contribution in [3.8, 4) is 11.5 Å². The fourth-order valence-corrected chi connectivity index (χ4v) is 1.54. The zero-order valence-electron chi connectivity index (χ0n) is 10.8. The Kier molecular flexibility index (Phi) is 3.11. The summed E-state index contributed by atoms with van der Waals surface area (Å²) in [5.74, 6) is 0.339. The molecule has 4 nitrogen and oxygen atoms in total. The average molecular weight is 248 g/mol. The Hall–Kier alpha value is -1.84. The first kappa shape index (κ1) is 12.6. The molecule has 1 aromatic rings. The number of rotatable bonds is 3. The van der Waals surface area contributed by atoms with Gasteiger partial charge in [0.1, 0.15) is 11.5 Å². The standard InChI is InChI=1S/C14H16O4/c1-4-14(2,3)13(16)17-10-6-5-9-7-12(15)18-11(9)8-10/h5-6,8H,4,7H2,1-3H3. The topological polar surface area (TPSA) is 52.6 Å². The monoisotopic (exact) mass is 248 g/mol. The Morgan fingerprint density at radius 1 is 1.44 bits per heavy atom. The molecule has 0 atom stereocenters. The van der Waals surface area contributed by atoms with Crippen LogP contribution in [0.25, 0.3) is 0 Å². The minimum absolute atomic E-state index is 0.276. The van der Waals surface area contributed by atoms with E-state index in [2.05, 4.69) is 0 Å². The van der Waals surface area contributed by atoms with Gasteiger partial charge < -0.3 is 9.47 Å². The number of hydrogen-bond acceptors (Lipinski definition) is 4. The molecule has 0 spiro atoms. The van der Waals surface area contributed by atoms with Crippen LogP contribution in [-0.2, 0) is 16.0 Å². The quantitative estimate of drug-likeness (QED) is 0.609. The Bertz CT molecular complexity index is 503. The second kappa shape index (κ2) is 4.44. The second-order valence-electron chi connectivity index (χ2n) is 5.05. The molecule has 2 rings (SSSR count). The molecule has 1 heterocycles. The minimum Gasteiger partial charge on any atom is -0.426 e. The molecule has 0 saturated heterocycles. The van der Waals surface area contributed by atoms with Gasteiger partial charge in [0.15, 0.2) is 0 Å². The van der Waals surface area contributed by atoms with E-state index in [9.17, 15) is 9.59 Å². The lowest BCUT2D eigenvalue weighted by Crippen LogP contribution is -2.28. The summed E-state index contributed by atoms with van der Waals surface area (Å²) >= 11 is 0. The maximum Gasteiger partial charge on any atom is 0.316 e. The number of fused-ring (bicyclic) bond motifs is 1. The third-order valence-electron chi connectivity index (χ3n) is 3.24. The van der Waals surface area contributed by atoms with Crippen LogP contribution in [0.2, 0.25) is 0 Å². The highest BCUT2D eigenvalue weighted by Crippen LogP contribution is 2.31. The maximum absolute atomic E-state index is 11.9. The zero-order valence-corrected chi connectivity index (χ0v) is 10.8. The van der Waals surface area contributed by atoms with Crippen LogP contribution in [0.1, 0.15) is 32.8 Å². The van der Waals surface area contributed by atoms with E-state index in [0.29, 0.717) is 17.9 Å². The molecule has 0 radical (unpaired) electrons. The van der Waals surface area contributed by atoms with Crippen LogP contribution in [0.4, 0.5) is 0 Å². The third-order valence-corrected chi connectivity index (χ3v) is 3.24. The molecule has 1 aliphatic rings. The van der Waals surface area contributed by atoms with Crippen molar-refractivity contribution < 1.29 is 19.1 Å². The largest absolute Gasteiger partial charge is 0.426 e. The van der Waals surface area contributed by atoms with E-state index in [0.717, 1.165) is 5.56 Å². The molecule has 4 heteroatoms. The van der Waals surface area contributed by atoms with Crippen molar-refractivity contribution in [3.05, 3.63) is 23.8 Å². The highest BCUT2D eigenvalue weighted by atomic mass is 16.5. The van der Waals surface area contributed by atoms with Crippen molar-refractivity contribution >= 4 is 11.9 Å². The number of ether oxygens (including phenoxy) is 2. The number of esters is 2. The molecule has 1 aliphatic heterocycles. The molecular formula is C14H16O4. The summed E-state index contributed by atoms with van der Waals surface area (Å²) in [5.41, 5.74) is 0.310. The van der Waals surface area contributed by atoms with E-state index >= 15 is 0 Å². The van der Waals surface area contributed by atoms with Crippen LogP contribution >= 0.6 is 0 Å². The first-order chi connectivity index (χ1) is 8.42. The molecular weight excluding hydrogens is 232 g/mol. The van der Waals surface area contributed by atoms with Gasteiger partial charge in [0.05, 0.1) is 11.8 Å². The summed E-state index contributed by atoms with van der Waals surface area (Å²) in [4.78, 5) is 23.0. The average Bonchev–Trinajstić information content (AvgIpc) is 2.68. The number of carbonyl (C=O) groups is 2. The van der Waals surface area contributed by atoms with Crippen LogP contribution in [0.15, 0.2) is 18.2 Å². The summed E-state index contributed by atoms with van der Waals surface area (Å²) in [6.07, 6.45) is 0.982. The number of hydrogen-bond donors (Lipinski definition) is 0. The SMILES string of the molecule is CCC(C)(C)C(=O)Oc1ccc2c(c1)OC(=O)C2. The first-order valence-corrected chi connectivity index (χ1v) is 5.98. The van der Waals surface area contributed by atoms with Gasteiger partial charge in [-0.1, -0.05) is 13.0 Å². The zero-order chi connectivity index (χ0) is 13.3. The number of benzene rings is 1. The predicted octanol–water partition coefficient (Wildman–Crippen LogP) is 2.49. The van der Waals surface area contributed by atoms with E-state index in [-0.39, 0.29) is 18.4 Å². The summed E-state index contributed by atoms with van der Waals surface area (Å²) in [5, 5.41) is 0. The van der Waals surface area contributed by atoms with Crippen molar-refractivity contribution in [1.82, 2.24) is 0 Å². The predicted molar refractivity (Wildman–Crippen MR) is 65.5 cm³/mol. The normalized spacial score (nSPS) is 14.1. The molecule has 18 heavy (non-hydrogen) atoms. The lowest BCUT2D eigenvalue weighted by molar-refractivity contribution is -0.144. The Morgan fingerprint density at radius 2 is 2.17 bits per heavy atom. The van der Waals surface area contributed by atoms with Gasteiger partial charge in [-0.2, -0.15) is 0 Å². The smallest absolute Gasteiger partial charge is 0.316 e. The summed E-state index contributed by atoms with van der Waals surface area (Å²) < 4.78 is 10.3. The fraction of sp³-hybridized carbons (Fsp3) is 0.429.